The maximum Gasteiger partial charge on any atom is 0.212 e. The molecule has 7 heteroatoms. The molecule has 0 aliphatic carbocycles. The summed E-state index contributed by atoms with van der Waals surface area (Å²) in [6.45, 7) is 7.68. The molecule has 1 aromatic heterocycles. The van der Waals surface area contributed by atoms with Gasteiger partial charge in [0.25, 0.3) is 0 Å². The molecular formula is C15H25N3O3S. The van der Waals surface area contributed by atoms with Crippen LogP contribution in [0, 0.1) is 5.41 Å². The molecule has 0 radical (unpaired) electrons. The number of pyridine rings is 1. The summed E-state index contributed by atoms with van der Waals surface area (Å²) in [5, 5.41) is 3.24. The number of ether oxygens (including phenoxy) is 1. The summed E-state index contributed by atoms with van der Waals surface area (Å²) in [4.78, 5) is 4.07. The largest absolute Gasteiger partial charge is 0.487 e. The number of hydrogen-bond donors (Lipinski definition) is 2. The number of nitrogens with one attached hydrogen (secondary N) is 2. The van der Waals surface area contributed by atoms with Gasteiger partial charge in [-0.2, -0.15) is 0 Å². The molecule has 1 fully saturated rings. The van der Waals surface area contributed by atoms with Crippen LogP contribution in [0.4, 0.5) is 0 Å². The maximum atomic E-state index is 12.1. The minimum atomic E-state index is -3.32. The van der Waals surface area contributed by atoms with E-state index in [0.29, 0.717) is 5.75 Å². The van der Waals surface area contributed by atoms with Crippen LogP contribution in [-0.4, -0.2) is 38.3 Å². The van der Waals surface area contributed by atoms with Gasteiger partial charge < -0.3 is 10.1 Å². The van der Waals surface area contributed by atoms with Crippen molar-refractivity contribution >= 4 is 10.0 Å². The predicted octanol–water partition coefficient (Wildman–Crippen LogP) is 1.29. The van der Waals surface area contributed by atoms with Crippen LogP contribution in [-0.2, 0) is 16.6 Å². The third-order valence-electron chi connectivity index (χ3n) is 3.28. The number of sulfonamides is 1. The summed E-state index contributed by atoms with van der Waals surface area (Å²) in [6.07, 6.45) is 4.36. The lowest BCUT2D eigenvalue weighted by molar-refractivity contribution is 0.220. The van der Waals surface area contributed by atoms with Crippen molar-refractivity contribution in [1.29, 1.82) is 0 Å². The van der Waals surface area contributed by atoms with E-state index in [-0.39, 0.29) is 23.8 Å². The quantitative estimate of drug-likeness (QED) is 0.823. The molecule has 2 heterocycles. The molecular weight excluding hydrogens is 302 g/mol. The Labute approximate surface area is 132 Å². The minimum absolute atomic E-state index is 0.0911. The smallest absolute Gasteiger partial charge is 0.212 e. The molecule has 1 aliphatic rings. The molecule has 22 heavy (non-hydrogen) atoms. The standard InChI is InChI=1S/C15H25N3O3S/c1-15(2,3)11-22(19,20)18-8-12-4-6-17-10-14(12)21-13-5-7-16-9-13/h4,6,10,13,16,18H,5,7-9,11H2,1-3H3/t13-/m0/s1. The predicted molar refractivity (Wildman–Crippen MR) is 86.2 cm³/mol. The Balaban J connectivity index is 2.00. The van der Waals surface area contributed by atoms with E-state index in [1.807, 2.05) is 20.8 Å². The van der Waals surface area contributed by atoms with Crippen molar-refractivity contribution < 1.29 is 13.2 Å². The van der Waals surface area contributed by atoms with Crippen molar-refractivity contribution in [3.05, 3.63) is 24.0 Å². The van der Waals surface area contributed by atoms with E-state index >= 15 is 0 Å². The molecule has 0 bridgehead atoms. The minimum Gasteiger partial charge on any atom is -0.487 e. The molecule has 0 spiro atoms. The molecule has 1 saturated heterocycles. The lowest BCUT2D eigenvalue weighted by Crippen LogP contribution is -2.32. The second-order valence-corrected chi connectivity index (χ2v) is 8.66. The second kappa shape index (κ2) is 6.93. The summed E-state index contributed by atoms with van der Waals surface area (Å²) >= 11 is 0. The zero-order valence-electron chi connectivity index (χ0n) is 13.4. The van der Waals surface area contributed by atoms with Crippen molar-refractivity contribution in [2.45, 2.75) is 39.8 Å². The second-order valence-electron chi connectivity index (χ2n) is 6.86. The van der Waals surface area contributed by atoms with Crippen molar-refractivity contribution in [2.24, 2.45) is 5.41 Å². The Kier molecular flexibility index (Phi) is 5.41. The lowest BCUT2D eigenvalue weighted by atomic mass is 10.0. The highest BCUT2D eigenvalue weighted by Gasteiger charge is 2.22. The molecule has 6 nitrogen and oxygen atoms in total. The van der Waals surface area contributed by atoms with Gasteiger partial charge in [-0.15, -0.1) is 0 Å². The zero-order chi connectivity index (χ0) is 16.2. The third kappa shape index (κ3) is 5.55. The van der Waals surface area contributed by atoms with E-state index in [1.54, 1.807) is 18.5 Å². The fourth-order valence-corrected chi connectivity index (χ4v) is 4.00. The first kappa shape index (κ1) is 17.2. The average Bonchev–Trinajstić information content (AvgIpc) is 2.88. The van der Waals surface area contributed by atoms with Crippen LogP contribution in [0.25, 0.3) is 0 Å². The molecule has 0 amide bonds. The Morgan fingerprint density at radius 3 is 2.86 bits per heavy atom. The Bertz CT molecular complexity index is 590. The number of nitrogens with zero attached hydrogens (tertiary/aromatic N) is 1. The highest BCUT2D eigenvalue weighted by molar-refractivity contribution is 7.89. The van der Waals surface area contributed by atoms with E-state index in [1.165, 1.54) is 0 Å². The molecule has 1 aliphatic heterocycles. The summed E-state index contributed by atoms with van der Waals surface area (Å²) in [6, 6.07) is 1.79. The summed E-state index contributed by atoms with van der Waals surface area (Å²) < 4.78 is 32.8. The molecule has 0 saturated carbocycles. The molecule has 2 rings (SSSR count). The van der Waals surface area contributed by atoms with Crippen LogP contribution < -0.4 is 14.8 Å². The van der Waals surface area contributed by atoms with Crippen LogP contribution in [0.2, 0.25) is 0 Å². The fourth-order valence-electron chi connectivity index (χ4n) is 2.38. The molecule has 124 valence electrons. The summed E-state index contributed by atoms with van der Waals surface area (Å²) in [5.74, 6) is 0.739. The number of hydrogen-bond acceptors (Lipinski definition) is 5. The van der Waals surface area contributed by atoms with E-state index in [0.717, 1.165) is 25.1 Å². The monoisotopic (exact) mass is 327 g/mol. The van der Waals surface area contributed by atoms with Gasteiger partial charge >= 0.3 is 0 Å². The number of rotatable bonds is 6. The van der Waals surface area contributed by atoms with Crippen LogP contribution in [0.1, 0.15) is 32.8 Å². The first-order valence-corrected chi connectivity index (χ1v) is 9.18. The van der Waals surface area contributed by atoms with Gasteiger partial charge in [-0.05, 0) is 24.4 Å². The fraction of sp³-hybridized carbons (Fsp3) is 0.667. The van der Waals surface area contributed by atoms with Gasteiger partial charge in [-0.1, -0.05) is 20.8 Å². The van der Waals surface area contributed by atoms with Gasteiger partial charge in [-0.25, -0.2) is 13.1 Å². The van der Waals surface area contributed by atoms with E-state index in [2.05, 4.69) is 15.0 Å². The van der Waals surface area contributed by atoms with E-state index in [4.69, 9.17) is 4.74 Å². The van der Waals surface area contributed by atoms with Crippen molar-refractivity contribution in [1.82, 2.24) is 15.0 Å². The first-order valence-electron chi connectivity index (χ1n) is 7.53. The van der Waals surface area contributed by atoms with Crippen LogP contribution in [0.5, 0.6) is 5.75 Å². The third-order valence-corrected chi connectivity index (χ3v) is 5.11. The molecule has 1 aromatic rings. The summed E-state index contributed by atoms with van der Waals surface area (Å²) in [7, 11) is -3.32. The van der Waals surface area contributed by atoms with Gasteiger partial charge in [0.2, 0.25) is 10.0 Å². The Morgan fingerprint density at radius 2 is 2.23 bits per heavy atom. The molecule has 1 atom stereocenters. The first-order chi connectivity index (χ1) is 10.3. The normalized spacial score (nSPS) is 19.3. The molecule has 0 unspecified atom stereocenters. The molecule has 2 N–H and O–H groups in total. The van der Waals surface area contributed by atoms with Crippen molar-refractivity contribution in [3.8, 4) is 5.75 Å². The topological polar surface area (TPSA) is 80.3 Å². The van der Waals surface area contributed by atoms with Gasteiger partial charge in [0.1, 0.15) is 11.9 Å². The van der Waals surface area contributed by atoms with Gasteiger partial charge in [0.05, 0.1) is 11.9 Å². The maximum absolute atomic E-state index is 12.1. The molecule has 0 aromatic carbocycles. The van der Waals surface area contributed by atoms with E-state index in [9.17, 15) is 8.42 Å². The van der Waals surface area contributed by atoms with Crippen molar-refractivity contribution in [3.63, 3.8) is 0 Å². The highest BCUT2D eigenvalue weighted by Crippen LogP contribution is 2.21. The van der Waals surface area contributed by atoms with Crippen LogP contribution in [0.15, 0.2) is 18.5 Å². The van der Waals surface area contributed by atoms with Gasteiger partial charge in [0.15, 0.2) is 0 Å². The van der Waals surface area contributed by atoms with Gasteiger partial charge in [-0.3, -0.25) is 4.98 Å². The number of aromatic nitrogens is 1. The lowest BCUT2D eigenvalue weighted by Gasteiger charge is -2.19. The summed E-state index contributed by atoms with van der Waals surface area (Å²) in [5.41, 5.74) is 0.526. The van der Waals surface area contributed by atoms with Gasteiger partial charge in [0, 0.05) is 24.8 Å². The Morgan fingerprint density at radius 1 is 1.45 bits per heavy atom. The zero-order valence-corrected chi connectivity index (χ0v) is 14.2. The van der Waals surface area contributed by atoms with Crippen LogP contribution in [0.3, 0.4) is 0 Å². The van der Waals surface area contributed by atoms with E-state index < -0.39 is 10.0 Å². The Hall–Kier alpha value is -1.18. The highest BCUT2D eigenvalue weighted by atomic mass is 32.2. The average molecular weight is 327 g/mol. The SMILES string of the molecule is CC(C)(C)CS(=O)(=O)NCc1ccncc1O[C@H]1CCNC1. The van der Waals surface area contributed by atoms with Crippen LogP contribution >= 0.6 is 0 Å². The van der Waals surface area contributed by atoms with Crippen molar-refractivity contribution in [2.75, 3.05) is 18.8 Å².